The molecule has 0 bridgehead atoms. The van der Waals surface area contributed by atoms with E-state index in [1.807, 2.05) is 19.1 Å². The zero-order chi connectivity index (χ0) is 12.5. The first-order valence-corrected chi connectivity index (χ1v) is 6.10. The fraction of sp³-hybridized carbons (Fsp3) is 0.692. The fourth-order valence-electron chi connectivity index (χ4n) is 1.52. The van der Waals surface area contributed by atoms with E-state index in [1.54, 1.807) is 7.11 Å². The van der Waals surface area contributed by atoms with Crippen molar-refractivity contribution >= 4 is 0 Å². The largest absolute Gasteiger partial charge is 0.465 e. The normalized spacial score (nSPS) is 12.9. The van der Waals surface area contributed by atoms with E-state index in [0.717, 1.165) is 31.1 Å². The number of hydrogen-bond acceptors (Lipinski definition) is 4. The Balaban J connectivity index is 2.03. The lowest BCUT2D eigenvalue weighted by Crippen LogP contribution is -2.20. The molecule has 0 amide bonds. The summed E-state index contributed by atoms with van der Waals surface area (Å²) in [5.74, 6) is 1.94. The number of nitrogens with one attached hydrogen (secondary N) is 1. The molecule has 1 unspecified atom stereocenters. The Morgan fingerprint density at radius 2 is 2.12 bits per heavy atom. The summed E-state index contributed by atoms with van der Waals surface area (Å²) in [6.07, 6.45) is 0.994. The summed E-state index contributed by atoms with van der Waals surface area (Å²) in [6, 6.07) is 4.26. The van der Waals surface area contributed by atoms with Crippen LogP contribution in [0.15, 0.2) is 16.5 Å². The Hall–Kier alpha value is -0.840. The SMILES string of the molecule is COCCOCCCNC(C)c1ccc(C)o1. The molecule has 1 aromatic rings. The molecule has 1 N–H and O–H groups in total. The van der Waals surface area contributed by atoms with Crippen molar-refractivity contribution in [1.29, 1.82) is 0 Å². The predicted molar refractivity (Wildman–Crippen MR) is 67.2 cm³/mol. The molecule has 0 radical (unpaired) electrons. The third-order valence-corrected chi connectivity index (χ3v) is 2.54. The zero-order valence-electron chi connectivity index (χ0n) is 11.0. The molecule has 98 valence electrons. The molecule has 0 saturated carbocycles. The number of methoxy groups -OCH3 is 1. The van der Waals surface area contributed by atoms with Crippen molar-refractivity contribution < 1.29 is 13.9 Å². The molecule has 4 nitrogen and oxygen atoms in total. The maximum atomic E-state index is 5.55. The molecule has 1 aromatic heterocycles. The number of aryl methyl sites for hydroxylation is 1. The van der Waals surface area contributed by atoms with Crippen LogP contribution in [0.3, 0.4) is 0 Å². The minimum absolute atomic E-state index is 0.252. The Bertz CT molecular complexity index is 299. The van der Waals surface area contributed by atoms with Crippen LogP contribution in [0.1, 0.15) is 30.9 Å². The van der Waals surface area contributed by atoms with Crippen LogP contribution < -0.4 is 5.32 Å². The number of furan rings is 1. The van der Waals surface area contributed by atoms with Crippen molar-refractivity contribution in [2.45, 2.75) is 26.3 Å². The van der Waals surface area contributed by atoms with Gasteiger partial charge in [0.2, 0.25) is 0 Å². The van der Waals surface area contributed by atoms with Gasteiger partial charge in [-0.15, -0.1) is 0 Å². The number of ether oxygens (including phenoxy) is 2. The van der Waals surface area contributed by atoms with E-state index in [9.17, 15) is 0 Å². The molecule has 0 aliphatic carbocycles. The molecule has 17 heavy (non-hydrogen) atoms. The van der Waals surface area contributed by atoms with E-state index in [0.29, 0.717) is 13.2 Å². The average Bonchev–Trinajstić information content (AvgIpc) is 2.74. The zero-order valence-corrected chi connectivity index (χ0v) is 11.0. The molecule has 4 heteroatoms. The van der Waals surface area contributed by atoms with Crippen molar-refractivity contribution in [2.24, 2.45) is 0 Å². The second-order valence-corrected chi connectivity index (χ2v) is 4.08. The van der Waals surface area contributed by atoms with E-state index >= 15 is 0 Å². The van der Waals surface area contributed by atoms with Gasteiger partial charge in [-0.3, -0.25) is 0 Å². The Morgan fingerprint density at radius 1 is 1.29 bits per heavy atom. The molecule has 0 spiro atoms. The molecule has 1 heterocycles. The molecule has 0 aliphatic rings. The van der Waals surface area contributed by atoms with Crippen molar-refractivity contribution in [3.63, 3.8) is 0 Å². The maximum Gasteiger partial charge on any atom is 0.120 e. The molecule has 1 atom stereocenters. The van der Waals surface area contributed by atoms with Gasteiger partial charge in [0, 0.05) is 13.7 Å². The summed E-state index contributed by atoms with van der Waals surface area (Å²) in [5.41, 5.74) is 0. The quantitative estimate of drug-likeness (QED) is 0.674. The van der Waals surface area contributed by atoms with Gasteiger partial charge in [0.1, 0.15) is 11.5 Å². The van der Waals surface area contributed by atoms with Gasteiger partial charge in [0.25, 0.3) is 0 Å². The van der Waals surface area contributed by atoms with E-state index in [2.05, 4.69) is 12.2 Å². The van der Waals surface area contributed by atoms with E-state index in [1.165, 1.54) is 0 Å². The topological polar surface area (TPSA) is 43.6 Å². The summed E-state index contributed by atoms with van der Waals surface area (Å²) in [6.45, 7) is 7.08. The van der Waals surface area contributed by atoms with Crippen LogP contribution in [0, 0.1) is 6.92 Å². The standard InChI is InChI=1S/C13H23NO3/c1-11-5-6-13(17-11)12(2)14-7-4-8-16-10-9-15-3/h5-6,12,14H,4,7-10H2,1-3H3. The highest BCUT2D eigenvalue weighted by Crippen LogP contribution is 2.15. The molecule has 0 aliphatic heterocycles. The van der Waals surface area contributed by atoms with Gasteiger partial charge in [-0.05, 0) is 38.9 Å². The molecule has 0 fully saturated rings. The first-order valence-electron chi connectivity index (χ1n) is 6.10. The van der Waals surface area contributed by atoms with E-state index < -0.39 is 0 Å². The van der Waals surface area contributed by atoms with Gasteiger partial charge in [-0.2, -0.15) is 0 Å². The van der Waals surface area contributed by atoms with Gasteiger partial charge in [0.05, 0.1) is 19.3 Å². The summed E-state index contributed by atoms with van der Waals surface area (Å²) in [7, 11) is 1.68. The summed E-state index contributed by atoms with van der Waals surface area (Å²) < 4.78 is 15.8. The summed E-state index contributed by atoms with van der Waals surface area (Å²) in [5, 5.41) is 3.40. The lowest BCUT2D eigenvalue weighted by atomic mass is 10.2. The van der Waals surface area contributed by atoms with Gasteiger partial charge in [-0.1, -0.05) is 0 Å². The van der Waals surface area contributed by atoms with Crippen molar-refractivity contribution in [3.05, 3.63) is 23.7 Å². The van der Waals surface area contributed by atoms with Gasteiger partial charge >= 0.3 is 0 Å². The minimum atomic E-state index is 0.252. The third-order valence-electron chi connectivity index (χ3n) is 2.54. The van der Waals surface area contributed by atoms with E-state index in [4.69, 9.17) is 13.9 Å². The third kappa shape index (κ3) is 5.86. The Labute approximate surface area is 103 Å². The van der Waals surface area contributed by atoms with Crippen LogP contribution in [0.25, 0.3) is 0 Å². The van der Waals surface area contributed by atoms with Crippen LogP contribution in [0.2, 0.25) is 0 Å². The van der Waals surface area contributed by atoms with Crippen LogP contribution in [0.5, 0.6) is 0 Å². The van der Waals surface area contributed by atoms with Gasteiger partial charge in [-0.25, -0.2) is 0 Å². The highest BCUT2D eigenvalue weighted by Gasteiger charge is 2.07. The van der Waals surface area contributed by atoms with Gasteiger partial charge < -0.3 is 19.2 Å². The second-order valence-electron chi connectivity index (χ2n) is 4.08. The summed E-state index contributed by atoms with van der Waals surface area (Å²) >= 11 is 0. The number of rotatable bonds is 9. The molecule has 0 saturated heterocycles. The van der Waals surface area contributed by atoms with Crippen molar-refractivity contribution in [3.8, 4) is 0 Å². The van der Waals surface area contributed by atoms with E-state index in [-0.39, 0.29) is 6.04 Å². The summed E-state index contributed by atoms with van der Waals surface area (Å²) in [4.78, 5) is 0. The van der Waals surface area contributed by atoms with Crippen molar-refractivity contribution in [1.82, 2.24) is 5.32 Å². The van der Waals surface area contributed by atoms with Crippen LogP contribution in [-0.2, 0) is 9.47 Å². The lowest BCUT2D eigenvalue weighted by Gasteiger charge is -2.11. The van der Waals surface area contributed by atoms with Gasteiger partial charge in [0.15, 0.2) is 0 Å². The Morgan fingerprint density at radius 3 is 2.76 bits per heavy atom. The minimum Gasteiger partial charge on any atom is -0.465 e. The predicted octanol–water partition coefficient (Wildman–Crippen LogP) is 2.29. The highest BCUT2D eigenvalue weighted by atomic mass is 16.5. The number of hydrogen-bond donors (Lipinski definition) is 1. The first kappa shape index (κ1) is 14.2. The molecule has 0 aromatic carbocycles. The lowest BCUT2D eigenvalue weighted by molar-refractivity contribution is 0.0692. The van der Waals surface area contributed by atoms with Crippen LogP contribution >= 0.6 is 0 Å². The molecular formula is C13H23NO3. The second kappa shape index (κ2) is 8.28. The Kier molecular flexibility index (Phi) is 6.93. The molecule has 1 rings (SSSR count). The van der Waals surface area contributed by atoms with Crippen molar-refractivity contribution in [2.75, 3.05) is 33.5 Å². The maximum absolute atomic E-state index is 5.55. The average molecular weight is 241 g/mol. The first-order chi connectivity index (χ1) is 8.24. The fourth-order valence-corrected chi connectivity index (χ4v) is 1.52. The smallest absolute Gasteiger partial charge is 0.120 e. The van der Waals surface area contributed by atoms with Crippen LogP contribution in [0.4, 0.5) is 0 Å². The monoisotopic (exact) mass is 241 g/mol. The van der Waals surface area contributed by atoms with Crippen LogP contribution in [-0.4, -0.2) is 33.5 Å². The molecular weight excluding hydrogens is 218 g/mol. The highest BCUT2D eigenvalue weighted by molar-refractivity contribution is 5.08.